The maximum absolute atomic E-state index is 13.1. The van der Waals surface area contributed by atoms with Crippen LogP contribution in [0.1, 0.15) is 77.6 Å². The van der Waals surface area contributed by atoms with E-state index < -0.39 is 0 Å². The number of carbonyl (C=O) groups excluding carboxylic acids is 1. The molecule has 0 aromatic heterocycles. The van der Waals surface area contributed by atoms with Gasteiger partial charge in [-0.2, -0.15) is 0 Å². The predicted molar refractivity (Wildman–Crippen MR) is 98.1 cm³/mol. The van der Waals surface area contributed by atoms with Crippen LogP contribution in [0.4, 0.5) is 0 Å². The number of carbonyl (C=O) groups is 1. The zero-order valence-corrected chi connectivity index (χ0v) is 16.2. The first-order valence-electron chi connectivity index (χ1n) is 11.9. The summed E-state index contributed by atoms with van der Waals surface area (Å²) in [4.78, 5) is 13.1. The number of hydrogen-bond acceptors (Lipinski definition) is 1. The number of fused-ring (bicyclic) bond motifs is 1. The second kappa shape index (κ2) is 3.30. The first-order chi connectivity index (χ1) is 12.4. The molecule has 0 N–H and O–H groups in total. The molecule has 11 fully saturated rings. The van der Waals surface area contributed by atoms with Gasteiger partial charge in [0.2, 0.25) is 0 Å². The third-order valence-electron chi connectivity index (χ3n) is 13.2. The summed E-state index contributed by atoms with van der Waals surface area (Å²) >= 11 is 0. The van der Waals surface area contributed by atoms with Crippen molar-refractivity contribution in [3.8, 4) is 0 Å². The normalized spacial score (nSPS) is 77.0. The maximum Gasteiger partial charge on any atom is 0.136 e. The Bertz CT molecular complexity index is 820. The second-order valence-electron chi connectivity index (χ2n) is 13.9. The Kier molecular flexibility index (Phi) is 1.75. The van der Waals surface area contributed by atoms with Crippen LogP contribution in [0, 0.1) is 68.5 Å². The van der Waals surface area contributed by atoms with E-state index in [4.69, 9.17) is 0 Å². The lowest BCUT2D eigenvalue weighted by molar-refractivity contribution is -0.432. The molecule has 1 heteroatoms. The van der Waals surface area contributed by atoms with Crippen molar-refractivity contribution in [2.45, 2.75) is 77.6 Å². The van der Waals surface area contributed by atoms with Crippen molar-refractivity contribution < 1.29 is 4.79 Å². The number of Topliss-reactive ketones (excluding diaryl/α,β-unsaturated/α-hetero) is 1. The van der Waals surface area contributed by atoms with Crippen molar-refractivity contribution in [2.75, 3.05) is 0 Å². The van der Waals surface area contributed by atoms with Gasteiger partial charge < -0.3 is 0 Å². The summed E-state index contributed by atoms with van der Waals surface area (Å²) in [6.45, 7) is 1.99. The Morgan fingerprint density at radius 1 is 0.808 bits per heavy atom. The van der Waals surface area contributed by atoms with Crippen LogP contribution in [0.15, 0.2) is 0 Å². The van der Waals surface area contributed by atoms with Gasteiger partial charge in [0.25, 0.3) is 0 Å². The van der Waals surface area contributed by atoms with E-state index in [1.165, 1.54) is 19.3 Å². The van der Waals surface area contributed by atoms with Crippen molar-refractivity contribution in [3.63, 3.8) is 0 Å². The van der Waals surface area contributed by atoms with Gasteiger partial charge in [0.15, 0.2) is 0 Å². The van der Waals surface area contributed by atoms with Gasteiger partial charge in [0.1, 0.15) is 5.78 Å². The molecule has 0 aliphatic heterocycles. The van der Waals surface area contributed by atoms with Gasteiger partial charge >= 0.3 is 0 Å². The summed E-state index contributed by atoms with van der Waals surface area (Å²) in [6.07, 6.45) is 16.8. The zero-order valence-electron chi connectivity index (χ0n) is 16.2. The topological polar surface area (TPSA) is 17.1 Å². The van der Waals surface area contributed by atoms with Crippen LogP contribution in [-0.2, 0) is 4.79 Å². The molecule has 1 nitrogen and oxygen atoms in total. The van der Waals surface area contributed by atoms with Gasteiger partial charge in [-0.3, -0.25) is 4.79 Å². The van der Waals surface area contributed by atoms with Crippen LogP contribution in [0.2, 0.25) is 0 Å². The van der Waals surface area contributed by atoms with Crippen molar-refractivity contribution in [1.29, 1.82) is 0 Å². The first-order valence-corrected chi connectivity index (χ1v) is 11.9. The fourth-order valence-corrected chi connectivity index (χ4v) is 14.9. The Morgan fingerprint density at radius 3 is 2.46 bits per heavy atom. The van der Waals surface area contributed by atoms with Crippen LogP contribution in [0.25, 0.3) is 0 Å². The molecule has 11 rings (SSSR count). The molecule has 0 amide bonds. The minimum atomic E-state index is 0.128. The molecule has 6 unspecified atom stereocenters. The van der Waals surface area contributed by atoms with Gasteiger partial charge in [-0.05, 0) is 141 Å². The quantitative estimate of drug-likeness (QED) is 0.634. The summed E-state index contributed by atoms with van der Waals surface area (Å²) in [6, 6.07) is 0. The Morgan fingerprint density at radius 2 is 1.62 bits per heavy atom. The number of hydrogen-bond donors (Lipinski definition) is 0. The Labute approximate surface area is 157 Å². The van der Waals surface area contributed by atoms with Crippen molar-refractivity contribution in [1.82, 2.24) is 0 Å². The number of ketones is 1. The van der Waals surface area contributed by atoms with Gasteiger partial charge in [0, 0.05) is 5.41 Å². The van der Waals surface area contributed by atoms with E-state index in [1.54, 1.807) is 51.4 Å². The van der Waals surface area contributed by atoms with Crippen LogP contribution < -0.4 is 0 Å². The molecule has 0 heterocycles. The first kappa shape index (κ1) is 13.8. The fraction of sp³-hybridized carbons (Fsp3) is 0.960. The molecule has 9 bridgehead atoms. The highest BCUT2D eigenvalue weighted by molar-refractivity contribution is 5.83. The molecule has 11 saturated carbocycles. The molecule has 0 saturated heterocycles. The summed E-state index contributed by atoms with van der Waals surface area (Å²) in [5.74, 6) is 7.90. The zero-order chi connectivity index (χ0) is 16.9. The standard InChI is InChI=1S/C25H32O/c1-13(26)22-7-17-18-15-2-14-3-16-5-21-8-23(6-15,9-21)20(17)25(10-21,12-22)19(16)24(18,4-14)11-22/h14-20H,2-12H2,1H3/t14?,15?,16?,17-,18?,19?,20?,21?,22-,23?,24+,25+/m1/s1. The lowest BCUT2D eigenvalue weighted by atomic mass is 9.12. The highest BCUT2D eigenvalue weighted by Gasteiger charge is 2.88. The smallest absolute Gasteiger partial charge is 0.136 e. The lowest BCUT2D eigenvalue weighted by Gasteiger charge is -2.92. The minimum Gasteiger partial charge on any atom is -0.299 e. The van der Waals surface area contributed by atoms with Crippen molar-refractivity contribution in [2.24, 2.45) is 68.5 Å². The van der Waals surface area contributed by atoms with E-state index >= 15 is 0 Å². The predicted octanol–water partition coefficient (Wildman–Crippen LogP) is 5.23. The van der Waals surface area contributed by atoms with Crippen LogP contribution >= 0.6 is 0 Å². The molecule has 0 radical (unpaired) electrons. The van der Waals surface area contributed by atoms with E-state index in [1.807, 2.05) is 6.92 Å². The highest BCUT2D eigenvalue weighted by Crippen LogP contribution is 2.95. The molecular weight excluding hydrogens is 316 g/mol. The van der Waals surface area contributed by atoms with E-state index in [0.717, 1.165) is 52.3 Å². The van der Waals surface area contributed by atoms with Crippen LogP contribution in [-0.4, -0.2) is 5.78 Å². The average Bonchev–Trinajstić information content (AvgIpc) is 2.49. The van der Waals surface area contributed by atoms with Crippen molar-refractivity contribution in [3.05, 3.63) is 0 Å². The minimum absolute atomic E-state index is 0.128. The summed E-state index contributed by atoms with van der Waals surface area (Å²) in [7, 11) is 0. The molecule has 0 aromatic rings. The maximum atomic E-state index is 13.1. The summed E-state index contributed by atoms with van der Waals surface area (Å²) in [5, 5.41) is 0. The van der Waals surface area contributed by atoms with Gasteiger partial charge in [-0.15, -0.1) is 0 Å². The average molecular weight is 349 g/mol. The van der Waals surface area contributed by atoms with Crippen molar-refractivity contribution >= 4 is 5.78 Å². The second-order valence-corrected chi connectivity index (χ2v) is 13.9. The Balaban J connectivity index is 1.42. The van der Waals surface area contributed by atoms with Gasteiger partial charge in [-0.1, -0.05) is 0 Å². The molecule has 11 aliphatic carbocycles. The summed E-state index contributed by atoms with van der Waals surface area (Å²) < 4.78 is 0. The van der Waals surface area contributed by atoms with E-state index in [9.17, 15) is 4.79 Å². The Hall–Kier alpha value is -0.330. The molecule has 11 aliphatic rings. The van der Waals surface area contributed by atoms with Gasteiger partial charge in [-0.25, -0.2) is 0 Å². The third-order valence-corrected chi connectivity index (χ3v) is 13.2. The van der Waals surface area contributed by atoms with Crippen LogP contribution in [0.3, 0.4) is 0 Å². The SMILES string of the molecule is CC(=O)[C@@]12C[C@@H]3C4C5CC6CC7CC89CC(C5)(C8)C3[C@@](C9)(C1)C7[C@@]4(C6)C2. The van der Waals surface area contributed by atoms with Gasteiger partial charge in [0.05, 0.1) is 0 Å². The van der Waals surface area contributed by atoms with E-state index in [2.05, 4.69) is 0 Å². The largest absolute Gasteiger partial charge is 0.299 e. The van der Waals surface area contributed by atoms with Crippen LogP contribution in [0.5, 0.6) is 0 Å². The molecule has 26 heavy (non-hydrogen) atoms. The molecule has 0 aromatic carbocycles. The molecule has 138 valence electrons. The third kappa shape index (κ3) is 1.01. The molecule has 4 spiro atoms. The highest BCUT2D eigenvalue weighted by atomic mass is 16.1. The summed E-state index contributed by atoms with van der Waals surface area (Å²) in [5.41, 5.74) is 2.91. The monoisotopic (exact) mass is 348 g/mol. The lowest BCUT2D eigenvalue weighted by Crippen LogP contribution is -2.85. The van der Waals surface area contributed by atoms with E-state index in [0.29, 0.717) is 16.6 Å². The molecule has 10 atom stereocenters. The van der Waals surface area contributed by atoms with E-state index in [-0.39, 0.29) is 5.41 Å². The fourth-order valence-electron chi connectivity index (χ4n) is 14.9. The molecular formula is C25H32O. The number of rotatable bonds is 1.